The molecule has 2 aromatic rings. The highest BCUT2D eigenvalue weighted by atomic mass is 19.1. The molecule has 3 nitrogen and oxygen atoms in total. The molecule has 2 fully saturated rings. The summed E-state index contributed by atoms with van der Waals surface area (Å²) >= 11 is 0. The summed E-state index contributed by atoms with van der Waals surface area (Å²) in [4.78, 5) is 15.0. The van der Waals surface area contributed by atoms with Crippen molar-refractivity contribution in [3.8, 4) is 0 Å². The Morgan fingerprint density at radius 1 is 1.14 bits per heavy atom. The van der Waals surface area contributed by atoms with Gasteiger partial charge in [0.2, 0.25) is 5.91 Å². The molecule has 2 saturated carbocycles. The maximum absolute atomic E-state index is 13.5. The summed E-state index contributed by atoms with van der Waals surface area (Å²) in [5.41, 5.74) is 6.98. The number of nitrogens with zero attached hydrogens (tertiary/aromatic N) is 1. The van der Waals surface area contributed by atoms with Gasteiger partial charge in [-0.1, -0.05) is 6.07 Å². The van der Waals surface area contributed by atoms with Crippen LogP contribution in [0, 0.1) is 31.0 Å². The van der Waals surface area contributed by atoms with E-state index in [0.29, 0.717) is 11.8 Å². The van der Waals surface area contributed by atoms with Crippen LogP contribution in [-0.2, 0) is 17.8 Å². The lowest BCUT2D eigenvalue weighted by Gasteiger charge is -2.31. The van der Waals surface area contributed by atoms with Gasteiger partial charge in [0.1, 0.15) is 5.82 Å². The molecule has 3 aliphatic rings. The van der Waals surface area contributed by atoms with Crippen molar-refractivity contribution in [3.63, 3.8) is 0 Å². The molecular formula is C25H29FN2O. The highest BCUT2D eigenvalue weighted by Gasteiger charge is 2.54. The van der Waals surface area contributed by atoms with Crippen LogP contribution < -0.4 is 10.2 Å². The lowest BCUT2D eigenvalue weighted by molar-refractivity contribution is -0.117. The van der Waals surface area contributed by atoms with Gasteiger partial charge in [-0.05, 0) is 104 Å². The molecular weight excluding hydrogens is 363 g/mol. The number of carbonyl (C=O) groups is 1. The first-order chi connectivity index (χ1) is 13.9. The Morgan fingerprint density at radius 3 is 2.52 bits per heavy atom. The van der Waals surface area contributed by atoms with Crippen molar-refractivity contribution in [2.75, 3.05) is 16.8 Å². The largest absolute Gasteiger partial charge is 0.367 e. The van der Waals surface area contributed by atoms with Crippen molar-refractivity contribution < 1.29 is 9.18 Å². The molecule has 0 aromatic heterocycles. The molecule has 1 N–H and O–H groups in total. The average molecular weight is 393 g/mol. The predicted octanol–water partition coefficient (Wildman–Crippen LogP) is 5.52. The minimum Gasteiger partial charge on any atom is -0.367 e. The van der Waals surface area contributed by atoms with E-state index >= 15 is 0 Å². The quantitative estimate of drug-likeness (QED) is 0.726. The number of hydrogen-bond donors (Lipinski definition) is 1. The van der Waals surface area contributed by atoms with E-state index in [1.165, 1.54) is 36.9 Å². The van der Waals surface area contributed by atoms with Gasteiger partial charge in [-0.3, -0.25) is 4.79 Å². The SMILES string of the molecule is Cc1cc(N2CCc3cc(F)ccc3C2)cc(C)c1NC(=O)CC1(C2CC2)CC1. The summed E-state index contributed by atoms with van der Waals surface area (Å²) in [5.74, 6) is 0.814. The van der Waals surface area contributed by atoms with Crippen LogP contribution >= 0.6 is 0 Å². The van der Waals surface area contributed by atoms with Gasteiger partial charge in [-0.25, -0.2) is 4.39 Å². The lowest BCUT2D eigenvalue weighted by Crippen LogP contribution is -2.30. The Kier molecular flexibility index (Phi) is 4.41. The van der Waals surface area contributed by atoms with E-state index in [2.05, 4.69) is 36.2 Å². The van der Waals surface area contributed by atoms with Gasteiger partial charge < -0.3 is 10.2 Å². The van der Waals surface area contributed by atoms with Gasteiger partial charge in [0, 0.05) is 30.9 Å². The highest BCUT2D eigenvalue weighted by Crippen LogP contribution is 2.63. The molecule has 1 amide bonds. The maximum atomic E-state index is 13.5. The maximum Gasteiger partial charge on any atom is 0.224 e. The standard InChI is InChI=1S/C25H29FN2O/c1-16-11-22(28-10-7-18-13-21(26)6-3-19(18)15-28)12-17(2)24(16)27-23(29)14-25(8-9-25)20-4-5-20/h3,6,11-13,20H,4-5,7-10,14-15H2,1-2H3,(H,27,29). The van der Waals surface area contributed by atoms with Crippen LogP contribution in [0.25, 0.3) is 0 Å². The molecule has 1 heterocycles. The second-order valence-electron chi connectivity index (χ2n) is 9.40. The molecule has 5 rings (SSSR count). The summed E-state index contributed by atoms with van der Waals surface area (Å²) in [6.07, 6.45) is 6.60. The summed E-state index contributed by atoms with van der Waals surface area (Å²) in [7, 11) is 0. The minimum atomic E-state index is -0.154. The Bertz CT molecular complexity index is 952. The zero-order chi connectivity index (χ0) is 20.2. The second kappa shape index (κ2) is 6.86. The third-order valence-electron chi connectivity index (χ3n) is 7.18. The Morgan fingerprint density at radius 2 is 1.86 bits per heavy atom. The van der Waals surface area contributed by atoms with Crippen molar-refractivity contribution in [1.29, 1.82) is 0 Å². The van der Waals surface area contributed by atoms with Gasteiger partial charge in [0.05, 0.1) is 0 Å². The summed E-state index contributed by atoms with van der Waals surface area (Å²) in [6.45, 7) is 5.83. The van der Waals surface area contributed by atoms with E-state index in [9.17, 15) is 9.18 Å². The third kappa shape index (κ3) is 3.65. The third-order valence-corrected chi connectivity index (χ3v) is 7.18. The summed E-state index contributed by atoms with van der Waals surface area (Å²) < 4.78 is 13.5. The molecule has 0 saturated heterocycles. The van der Waals surface area contributed by atoms with Crippen molar-refractivity contribution in [1.82, 2.24) is 0 Å². The molecule has 0 unspecified atom stereocenters. The normalized spacial score (nSPS) is 19.6. The number of benzene rings is 2. The van der Waals surface area contributed by atoms with Crippen LogP contribution in [0.5, 0.6) is 0 Å². The van der Waals surface area contributed by atoms with Crippen LogP contribution in [0.1, 0.15) is 54.4 Å². The number of amides is 1. The highest BCUT2D eigenvalue weighted by molar-refractivity contribution is 5.93. The van der Waals surface area contributed by atoms with Gasteiger partial charge in [-0.2, -0.15) is 0 Å². The number of carbonyl (C=O) groups excluding carboxylic acids is 1. The molecule has 152 valence electrons. The number of rotatable bonds is 5. The number of anilines is 2. The first kappa shape index (κ1) is 18.7. The second-order valence-corrected chi connectivity index (χ2v) is 9.40. The molecule has 0 bridgehead atoms. The van der Waals surface area contributed by atoms with Crippen molar-refractivity contribution in [2.45, 2.75) is 58.9 Å². The van der Waals surface area contributed by atoms with E-state index in [-0.39, 0.29) is 11.7 Å². The first-order valence-corrected chi connectivity index (χ1v) is 10.9. The molecule has 1 aliphatic heterocycles. The zero-order valence-corrected chi connectivity index (χ0v) is 17.4. The average Bonchev–Trinajstić information content (AvgIpc) is 3.58. The fourth-order valence-electron chi connectivity index (χ4n) is 5.15. The van der Waals surface area contributed by atoms with Crippen LogP contribution in [0.2, 0.25) is 0 Å². The Hall–Kier alpha value is -2.36. The Balaban J connectivity index is 1.31. The van der Waals surface area contributed by atoms with Crippen LogP contribution in [0.4, 0.5) is 15.8 Å². The van der Waals surface area contributed by atoms with E-state index < -0.39 is 0 Å². The van der Waals surface area contributed by atoms with Crippen LogP contribution in [0.3, 0.4) is 0 Å². The predicted molar refractivity (Wildman–Crippen MR) is 115 cm³/mol. The number of hydrogen-bond acceptors (Lipinski definition) is 2. The van der Waals surface area contributed by atoms with Gasteiger partial charge in [0.15, 0.2) is 0 Å². The number of nitrogens with one attached hydrogen (secondary N) is 1. The van der Waals surface area contributed by atoms with Gasteiger partial charge >= 0.3 is 0 Å². The van der Waals surface area contributed by atoms with Crippen molar-refractivity contribution in [3.05, 3.63) is 58.4 Å². The van der Waals surface area contributed by atoms with Crippen molar-refractivity contribution in [2.24, 2.45) is 11.3 Å². The lowest BCUT2D eigenvalue weighted by atomic mass is 9.95. The fraction of sp³-hybridized carbons (Fsp3) is 0.480. The number of aryl methyl sites for hydroxylation is 2. The molecule has 0 spiro atoms. The number of fused-ring (bicyclic) bond motifs is 1. The smallest absolute Gasteiger partial charge is 0.224 e. The van der Waals surface area contributed by atoms with E-state index in [1.54, 1.807) is 12.1 Å². The van der Waals surface area contributed by atoms with E-state index in [1.807, 2.05) is 6.07 Å². The topological polar surface area (TPSA) is 32.3 Å². The first-order valence-electron chi connectivity index (χ1n) is 10.9. The summed E-state index contributed by atoms with van der Waals surface area (Å²) in [6, 6.07) is 9.45. The fourth-order valence-corrected chi connectivity index (χ4v) is 5.15. The molecule has 0 radical (unpaired) electrons. The molecule has 0 atom stereocenters. The van der Waals surface area contributed by atoms with Crippen molar-refractivity contribution >= 4 is 17.3 Å². The molecule has 2 aliphatic carbocycles. The number of halogens is 1. The van der Waals surface area contributed by atoms with Gasteiger partial charge in [0.25, 0.3) is 0 Å². The molecule has 4 heteroatoms. The van der Waals surface area contributed by atoms with E-state index in [0.717, 1.165) is 47.8 Å². The zero-order valence-electron chi connectivity index (χ0n) is 17.4. The Labute approximate surface area is 172 Å². The monoisotopic (exact) mass is 392 g/mol. The van der Waals surface area contributed by atoms with Crippen LogP contribution in [0.15, 0.2) is 30.3 Å². The van der Waals surface area contributed by atoms with Gasteiger partial charge in [-0.15, -0.1) is 0 Å². The van der Waals surface area contributed by atoms with Crippen LogP contribution in [-0.4, -0.2) is 12.5 Å². The molecule has 2 aromatic carbocycles. The minimum absolute atomic E-state index is 0.154. The summed E-state index contributed by atoms with van der Waals surface area (Å²) in [5, 5.41) is 3.21. The molecule has 29 heavy (non-hydrogen) atoms. The van der Waals surface area contributed by atoms with E-state index in [4.69, 9.17) is 0 Å².